The lowest BCUT2D eigenvalue weighted by atomic mass is 10.0. The van der Waals surface area contributed by atoms with Crippen LogP contribution in [0.5, 0.6) is 0 Å². The first-order valence-electron chi connectivity index (χ1n) is 22.6. The largest absolute Gasteiger partial charge is 0.462 e. The number of unbranched alkanes of at least 4 members (excludes halogenated alkanes) is 24. The molecule has 0 saturated heterocycles. The number of esters is 1. The molecule has 0 saturated carbocycles. The van der Waals surface area contributed by atoms with Gasteiger partial charge in [0.1, 0.15) is 6.10 Å². The van der Waals surface area contributed by atoms with E-state index in [1.165, 1.54) is 128 Å². The van der Waals surface area contributed by atoms with Crippen LogP contribution in [-0.4, -0.2) is 46.9 Å². The summed E-state index contributed by atoms with van der Waals surface area (Å²) in [6.07, 6.45) is 43.9. The van der Waals surface area contributed by atoms with E-state index in [0.717, 1.165) is 51.4 Å². The normalized spacial score (nSPS) is 13.6. The molecule has 6 nitrogen and oxygen atoms in total. The summed E-state index contributed by atoms with van der Waals surface area (Å²) in [6.45, 7) is 6.43. The Morgan fingerprint density at radius 3 is 1.46 bits per heavy atom. The summed E-state index contributed by atoms with van der Waals surface area (Å²) in [5.74, 6) is -0.550. The van der Waals surface area contributed by atoms with E-state index in [9.17, 15) is 19.8 Å². The molecule has 0 heterocycles. The van der Waals surface area contributed by atoms with E-state index in [0.29, 0.717) is 25.7 Å². The Morgan fingerprint density at radius 1 is 0.558 bits per heavy atom. The van der Waals surface area contributed by atoms with Crippen molar-refractivity contribution in [2.75, 3.05) is 6.61 Å². The molecule has 306 valence electrons. The summed E-state index contributed by atoms with van der Waals surface area (Å²) in [5, 5.41) is 23.6. The molecule has 0 bridgehead atoms. The smallest absolute Gasteiger partial charge is 0.306 e. The maximum absolute atomic E-state index is 13.1. The third kappa shape index (κ3) is 35.4. The number of hydrogen-bond acceptors (Lipinski definition) is 5. The van der Waals surface area contributed by atoms with Crippen LogP contribution in [0.2, 0.25) is 0 Å². The Hall–Kier alpha value is -1.66. The minimum Gasteiger partial charge on any atom is -0.462 e. The fourth-order valence-corrected chi connectivity index (χ4v) is 6.84. The number of carbonyl (C=O) groups is 2. The van der Waals surface area contributed by atoms with Crippen molar-refractivity contribution in [1.29, 1.82) is 0 Å². The highest BCUT2D eigenvalue weighted by atomic mass is 16.5. The van der Waals surface area contributed by atoms with E-state index >= 15 is 0 Å². The predicted molar refractivity (Wildman–Crippen MR) is 223 cm³/mol. The highest BCUT2D eigenvalue weighted by Gasteiger charge is 2.24. The molecule has 0 aliphatic heterocycles. The maximum atomic E-state index is 13.1. The second-order valence-corrected chi connectivity index (χ2v) is 15.5. The second kappa shape index (κ2) is 40.5. The molecule has 0 rings (SSSR count). The summed E-state index contributed by atoms with van der Waals surface area (Å²) in [7, 11) is 0. The lowest BCUT2D eigenvalue weighted by Gasteiger charge is -2.24. The van der Waals surface area contributed by atoms with E-state index in [2.05, 4.69) is 44.3 Å². The lowest BCUT2D eigenvalue weighted by Crippen LogP contribution is -2.46. The molecule has 0 spiro atoms. The highest BCUT2D eigenvalue weighted by molar-refractivity contribution is 5.77. The van der Waals surface area contributed by atoms with E-state index in [4.69, 9.17) is 4.74 Å². The quantitative estimate of drug-likeness (QED) is 0.0331. The highest BCUT2D eigenvalue weighted by Crippen LogP contribution is 2.17. The van der Waals surface area contributed by atoms with Crippen molar-refractivity contribution < 1.29 is 24.5 Å². The van der Waals surface area contributed by atoms with Gasteiger partial charge in [-0.05, 0) is 44.9 Å². The van der Waals surface area contributed by atoms with E-state index in [-0.39, 0.29) is 24.9 Å². The Morgan fingerprint density at radius 2 is 0.981 bits per heavy atom. The average Bonchev–Trinajstić information content (AvgIpc) is 3.13. The molecule has 3 atom stereocenters. The van der Waals surface area contributed by atoms with Gasteiger partial charge in [0.05, 0.1) is 25.2 Å². The van der Waals surface area contributed by atoms with E-state index in [1.54, 1.807) is 0 Å². The summed E-state index contributed by atoms with van der Waals surface area (Å²) >= 11 is 0. The molecule has 3 unspecified atom stereocenters. The molecule has 0 aromatic rings. The molecule has 3 N–H and O–H groups in total. The number of allylic oxidation sites excluding steroid dienone is 4. The monoisotopic (exact) mass is 734 g/mol. The third-order valence-corrected chi connectivity index (χ3v) is 10.3. The number of rotatable bonds is 40. The van der Waals surface area contributed by atoms with Gasteiger partial charge in [0.25, 0.3) is 0 Å². The van der Waals surface area contributed by atoms with Crippen LogP contribution in [-0.2, 0) is 14.3 Å². The van der Waals surface area contributed by atoms with Crippen molar-refractivity contribution in [3.8, 4) is 0 Å². The number of hydrogen-bond donors (Lipinski definition) is 3. The van der Waals surface area contributed by atoms with Gasteiger partial charge in [-0.25, -0.2) is 0 Å². The fraction of sp³-hybridized carbons (Fsp3) is 0.870. The minimum absolute atomic E-state index is 0.0592. The summed E-state index contributed by atoms with van der Waals surface area (Å²) in [5.41, 5.74) is 0. The first-order chi connectivity index (χ1) is 25.5. The number of aliphatic hydroxyl groups excluding tert-OH is 2. The van der Waals surface area contributed by atoms with Crippen LogP contribution >= 0.6 is 0 Å². The van der Waals surface area contributed by atoms with Crippen LogP contribution in [0.25, 0.3) is 0 Å². The fourth-order valence-electron chi connectivity index (χ4n) is 6.84. The number of amides is 1. The zero-order valence-electron chi connectivity index (χ0n) is 34.7. The molecule has 0 aliphatic rings. The molecule has 1 amide bonds. The SMILES string of the molecule is CCCCCCCC/C=C\C/C=C/CCC(=O)OC(CCCCCCCCCCC)CC(=O)NC(CO)C(O)CCCCCCCCCCCCC. The Balaban J connectivity index is 4.60. The van der Waals surface area contributed by atoms with Crippen molar-refractivity contribution in [1.82, 2.24) is 5.32 Å². The predicted octanol–water partition coefficient (Wildman–Crippen LogP) is 12.8. The van der Waals surface area contributed by atoms with Gasteiger partial charge in [0.15, 0.2) is 0 Å². The maximum Gasteiger partial charge on any atom is 0.306 e. The molecule has 0 fully saturated rings. The van der Waals surface area contributed by atoms with Crippen LogP contribution in [0.3, 0.4) is 0 Å². The number of ether oxygens (including phenoxy) is 1. The van der Waals surface area contributed by atoms with Gasteiger partial charge in [-0.1, -0.05) is 199 Å². The summed E-state index contributed by atoms with van der Waals surface area (Å²) < 4.78 is 5.85. The Labute approximate surface area is 322 Å². The molecule has 6 heteroatoms. The number of nitrogens with one attached hydrogen (secondary N) is 1. The van der Waals surface area contributed by atoms with Crippen molar-refractivity contribution in [2.24, 2.45) is 0 Å². The van der Waals surface area contributed by atoms with Crippen molar-refractivity contribution in [2.45, 2.75) is 251 Å². The van der Waals surface area contributed by atoms with Crippen molar-refractivity contribution in [3.63, 3.8) is 0 Å². The minimum atomic E-state index is -0.789. The van der Waals surface area contributed by atoms with Crippen molar-refractivity contribution in [3.05, 3.63) is 24.3 Å². The first-order valence-corrected chi connectivity index (χ1v) is 22.6. The van der Waals surface area contributed by atoms with Crippen LogP contribution in [0.1, 0.15) is 233 Å². The zero-order valence-corrected chi connectivity index (χ0v) is 34.7. The molecule has 0 aromatic carbocycles. The Bertz CT molecular complexity index is 828. The third-order valence-electron chi connectivity index (χ3n) is 10.3. The summed E-state index contributed by atoms with van der Waals surface area (Å²) in [6, 6.07) is -0.704. The molecule has 0 radical (unpaired) electrons. The van der Waals surface area contributed by atoms with E-state index < -0.39 is 18.2 Å². The average molecular weight is 734 g/mol. The molecule has 0 aromatic heterocycles. The molecular formula is C46H87NO5. The standard InChI is InChI=1S/C46H87NO5/c1-4-7-10-13-16-19-21-22-24-27-30-33-36-39-46(51)52-42(37-34-31-28-25-18-15-12-9-6-3)40-45(50)47-43(41-48)44(49)38-35-32-29-26-23-20-17-14-11-8-5-2/h22,24,30,33,42-44,48-49H,4-21,23,25-29,31-32,34-41H2,1-3H3,(H,47,50)/b24-22-,33-30+. The van der Waals surface area contributed by atoms with Crippen LogP contribution < -0.4 is 5.32 Å². The van der Waals surface area contributed by atoms with Gasteiger partial charge in [-0.15, -0.1) is 0 Å². The topological polar surface area (TPSA) is 95.9 Å². The number of aliphatic hydroxyl groups is 2. The van der Waals surface area contributed by atoms with Gasteiger partial charge in [0, 0.05) is 6.42 Å². The molecule has 0 aliphatic carbocycles. The van der Waals surface area contributed by atoms with Crippen LogP contribution in [0.15, 0.2) is 24.3 Å². The van der Waals surface area contributed by atoms with Crippen LogP contribution in [0.4, 0.5) is 0 Å². The molecule has 52 heavy (non-hydrogen) atoms. The number of carbonyl (C=O) groups excluding carboxylic acids is 2. The van der Waals surface area contributed by atoms with Gasteiger partial charge < -0.3 is 20.3 Å². The van der Waals surface area contributed by atoms with Gasteiger partial charge in [-0.3, -0.25) is 9.59 Å². The zero-order chi connectivity index (χ0) is 38.2. The lowest BCUT2D eigenvalue weighted by molar-refractivity contribution is -0.150. The van der Waals surface area contributed by atoms with Crippen LogP contribution in [0, 0.1) is 0 Å². The molecular weight excluding hydrogens is 647 g/mol. The van der Waals surface area contributed by atoms with E-state index in [1.807, 2.05) is 6.08 Å². The summed E-state index contributed by atoms with van der Waals surface area (Å²) in [4.78, 5) is 25.9. The van der Waals surface area contributed by atoms with Gasteiger partial charge >= 0.3 is 5.97 Å². The van der Waals surface area contributed by atoms with Gasteiger partial charge in [-0.2, -0.15) is 0 Å². The first kappa shape index (κ1) is 50.3. The van der Waals surface area contributed by atoms with Crippen molar-refractivity contribution >= 4 is 11.9 Å². The van der Waals surface area contributed by atoms with Gasteiger partial charge in [0.2, 0.25) is 5.91 Å². The second-order valence-electron chi connectivity index (χ2n) is 15.5. The Kier molecular flexibility index (Phi) is 39.2.